The van der Waals surface area contributed by atoms with Gasteiger partial charge in [-0.1, -0.05) is 23.2 Å². The fourth-order valence-corrected chi connectivity index (χ4v) is 2.09. The third-order valence-corrected chi connectivity index (χ3v) is 3.35. The minimum absolute atomic E-state index is 0.0926. The highest BCUT2D eigenvalue weighted by molar-refractivity contribution is 6.34. The molecule has 0 aliphatic rings. The molecular formula is C13H13Cl2N3O3. The van der Waals surface area contributed by atoms with Crippen molar-refractivity contribution < 1.29 is 14.6 Å². The van der Waals surface area contributed by atoms with Gasteiger partial charge in [-0.2, -0.15) is 5.10 Å². The van der Waals surface area contributed by atoms with Gasteiger partial charge in [0.05, 0.1) is 22.8 Å². The second-order valence-corrected chi connectivity index (χ2v) is 4.95. The molecule has 1 amide bonds. The molecular weight excluding hydrogens is 317 g/mol. The van der Waals surface area contributed by atoms with Crippen LogP contribution in [-0.2, 0) is 6.54 Å². The van der Waals surface area contributed by atoms with Crippen LogP contribution in [0.15, 0.2) is 18.3 Å². The van der Waals surface area contributed by atoms with E-state index >= 15 is 0 Å². The molecule has 112 valence electrons. The second-order valence-electron chi connectivity index (χ2n) is 4.14. The first-order valence-electron chi connectivity index (χ1n) is 6.07. The van der Waals surface area contributed by atoms with Crippen LogP contribution in [0.25, 0.3) is 0 Å². The number of benzene rings is 1. The van der Waals surface area contributed by atoms with E-state index in [0.717, 1.165) is 0 Å². The summed E-state index contributed by atoms with van der Waals surface area (Å²) in [4.78, 5) is 12.2. The van der Waals surface area contributed by atoms with Crippen molar-refractivity contribution in [2.45, 2.75) is 13.5 Å². The van der Waals surface area contributed by atoms with E-state index in [4.69, 9.17) is 27.9 Å². The van der Waals surface area contributed by atoms with Crippen molar-refractivity contribution in [3.8, 4) is 11.5 Å². The summed E-state index contributed by atoms with van der Waals surface area (Å²) in [6.45, 7) is 2.48. The van der Waals surface area contributed by atoms with Gasteiger partial charge in [0.15, 0.2) is 5.69 Å². The highest BCUT2D eigenvalue weighted by Gasteiger charge is 2.18. The Labute approximate surface area is 131 Å². The van der Waals surface area contributed by atoms with E-state index in [2.05, 4.69) is 10.4 Å². The van der Waals surface area contributed by atoms with Gasteiger partial charge in [-0.15, -0.1) is 0 Å². The molecule has 0 saturated carbocycles. The van der Waals surface area contributed by atoms with Crippen LogP contribution >= 0.6 is 23.2 Å². The molecule has 2 N–H and O–H groups in total. The van der Waals surface area contributed by atoms with Gasteiger partial charge in [0, 0.05) is 24.9 Å². The van der Waals surface area contributed by atoms with Gasteiger partial charge in [-0.25, -0.2) is 0 Å². The molecule has 0 aliphatic heterocycles. The normalized spacial score (nSPS) is 10.5. The lowest BCUT2D eigenvalue weighted by Crippen LogP contribution is -2.14. The molecule has 0 radical (unpaired) electrons. The first-order valence-corrected chi connectivity index (χ1v) is 6.82. The van der Waals surface area contributed by atoms with Crippen molar-refractivity contribution in [2.24, 2.45) is 0 Å². The summed E-state index contributed by atoms with van der Waals surface area (Å²) >= 11 is 11.8. The summed E-state index contributed by atoms with van der Waals surface area (Å²) in [7, 11) is 1.43. The predicted molar refractivity (Wildman–Crippen MR) is 80.5 cm³/mol. The van der Waals surface area contributed by atoms with E-state index < -0.39 is 5.91 Å². The van der Waals surface area contributed by atoms with Gasteiger partial charge in [0.25, 0.3) is 5.91 Å². The van der Waals surface area contributed by atoms with Crippen LogP contribution in [0.5, 0.6) is 11.5 Å². The number of carbonyl (C=O) groups excluding carboxylic acids is 1. The number of hydrogen-bond acceptors (Lipinski definition) is 4. The third-order valence-electron chi connectivity index (χ3n) is 2.77. The van der Waals surface area contributed by atoms with E-state index in [1.54, 1.807) is 10.9 Å². The number of phenolic OH excluding ortho intramolecular Hbond substituents is 1. The van der Waals surface area contributed by atoms with Crippen molar-refractivity contribution in [3.63, 3.8) is 0 Å². The van der Waals surface area contributed by atoms with Crippen molar-refractivity contribution in [2.75, 3.05) is 12.4 Å². The number of rotatable bonds is 4. The number of aromatic hydroxyl groups is 1. The number of carbonyl (C=O) groups is 1. The summed E-state index contributed by atoms with van der Waals surface area (Å²) in [6.07, 6.45) is 1.56. The number of ether oxygens (including phenoxy) is 1. The number of nitrogens with zero attached hydrogens (tertiary/aromatic N) is 2. The van der Waals surface area contributed by atoms with Gasteiger partial charge in [-0.3, -0.25) is 9.48 Å². The van der Waals surface area contributed by atoms with Gasteiger partial charge in [0.1, 0.15) is 11.5 Å². The number of amides is 1. The van der Waals surface area contributed by atoms with Gasteiger partial charge in [-0.05, 0) is 6.92 Å². The topological polar surface area (TPSA) is 76.4 Å². The standard InChI is InChI=1S/C13H13Cl2N3O3/c1-3-18-6-8(15)12(17-18)13(20)16-9-5-10(19)7(14)4-11(9)21-2/h4-6,19H,3H2,1-2H3,(H,16,20). The SMILES string of the molecule is CCn1cc(Cl)c(C(=O)Nc2cc(O)c(Cl)cc2OC)n1. The molecule has 2 rings (SSSR count). The molecule has 1 aromatic carbocycles. The van der Waals surface area contributed by atoms with Crippen molar-refractivity contribution >= 4 is 34.8 Å². The van der Waals surface area contributed by atoms with Crippen LogP contribution in [0, 0.1) is 0 Å². The lowest BCUT2D eigenvalue weighted by Gasteiger charge is -2.11. The average Bonchev–Trinajstić information content (AvgIpc) is 2.83. The van der Waals surface area contributed by atoms with E-state index in [-0.39, 0.29) is 27.2 Å². The van der Waals surface area contributed by atoms with Crippen LogP contribution in [0.2, 0.25) is 10.0 Å². The molecule has 6 nitrogen and oxygen atoms in total. The molecule has 21 heavy (non-hydrogen) atoms. The number of aryl methyl sites for hydroxylation is 1. The summed E-state index contributed by atoms with van der Waals surface area (Å²) < 4.78 is 6.66. The van der Waals surface area contributed by atoms with Crippen LogP contribution < -0.4 is 10.1 Å². The van der Waals surface area contributed by atoms with Gasteiger partial charge >= 0.3 is 0 Å². The van der Waals surface area contributed by atoms with Crippen LogP contribution in [0.3, 0.4) is 0 Å². The fourth-order valence-electron chi connectivity index (χ4n) is 1.70. The average molecular weight is 330 g/mol. The molecule has 0 saturated heterocycles. The number of methoxy groups -OCH3 is 1. The first-order chi connectivity index (χ1) is 9.96. The van der Waals surface area contributed by atoms with Crippen LogP contribution in [0.4, 0.5) is 5.69 Å². The highest BCUT2D eigenvalue weighted by atomic mass is 35.5. The van der Waals surface area contributed by atoms with Crippen LogP contribution in [-0.4, -0.2) is 27.9 Å². The quantitative estimate of drug-likeness (QED) is 0.903. The third kappa shape index (κ3) is 3.22. The van der Waals surface area contributed by atoms with E-state index in [1.165, 1.54) is 19.2 Å². The van der Waals surface area contributed by atoms with E-state index in [9.17, 15) is 9.90 Å². The number of nitrogens with one attached hydrogen (secondary N) is 1. The zero-order valence-electron chi connectivity index (χ0n) is 11.4. The van der Waals surface area contributed by atoms with Crippen LogP contribution in [0.1, 0.15) is 17.4 Å². The second kappa shape index (κ2) is 6.24. The first kappa shape index (κ1) is 15.5. The maximum atomic E-state index is 12.2. The molecule has 0 unspecified atom stereocenters. The Morgan fingerprint density at radius 2 is 2.14 bits per heavy atom. The maximum absolute atomic E-state index is 12.2. The number of hydrogen-bond donors (Lipinski definition) is 2. The maximum Gasteiger partial charge on any atom is 0.277 e. The van der Waals surface area contributed by atoms with Crippen molar-refractivity contribution in [1.82, 2.24) is 9.78 Å². The van der Waals surface area contributed by atoms with Crippen molar-refractivity contribution in [3.05, 3.63) is 34.1 Å². The highest BCUT2D eigenvalue weighted by Crippen LogP contribution is 2.35. The molecule has 0 atom stereocenters. The lowest BCUT2D eigenvalue weighted by atomic mass is 10.2. The number of aromatic nitrogens is 2. The number of phenols is 1. The molecule has 2 aromatic rings. The summed E-state index contributed by atoms with van der Waals surface area (Å²) in [5.74, 6) is -0.359. The number of halogens is 2. The molecule has 1 heterocycles. The Hall–Kier alpha value is -1.92. The van der Waals surface area contributed by atoms with E-state index in [1.807, 2.05) is 6.92 Å². The molecule has 0 bridgehead atoms. The zero-order chi connectivity index (χ0) is 15.6. The zero-order valence-corrected chi connectivity index (χ0v) is 12.9. The smallest absolute Gasteiger partial charge is 0.277 e. The molecule has 8 heteroatoms. The molecule has 0 spiro atoms. The Bertz CT molecular complexity index is 686. The molecule has 1 aromatic heterocycles. The molecule has 0 fully saturated rings. The minimum Gasteiger partial charge on any atom is -0.506 e. The Balaban J connectivity index is 2.30. The Kier molecular flexibility index (Phi) is 4.59. The summed E-state index contributed by atoms with van der Waals surface area (Å²) in [5.41, 5.74) is 0.363. The minimum atomic E-state index is -0.507. The fraction of sp³-hybridized carbons (Fsp3) is 0.231. The lowest BCUT2D eigenvalue weighted by molar-refractivity contribution is 0.102. The largest absolute Gasteiger partial charge is 0.506 e. The number of anilines is 1. The monoisotopic (exact) mass is 329 g/mol. The molecule has 0 aliphatic carbocycles. The Morgan fingerprint density at radius 1 is 1.43 bits per heavy atom. The van der Waals surface area contributed by atoms with Gasteiger partial charge < -0.3 is 15.2 Å². The van der Waals surface area contributed by atoms with E-state index in [0.29, 0.717) is 12.3 Å². The summed E-state index contributed by atoms with van der Waals surface area (Å²) in [5, 5.41) is 16.6. The van der Waals surface area contributed by atoms with Crippen molar-refractivity contribution in [1.29, 1.82) is 0 Å². The Morgan fingerprint density at radius 3 is 2.71 bits per heavy atom. The van der Waals surface area contributed by atoms with Gasteiger partial charge in [0.2, 0.25) is 0 Å². The summed E-state index contributed by atoms with van der Waals surface area (Å²) in [6, 6.07) is 2.70. The predicted octanol–water partition coefficient (Wildman–Crippen LogP) is 3.18.